The molecule has 33 heteroatoms. The van der Waals surface area contributed by atoms with E-state index in [9.17, 15) is 57.5 Å². The molecule has 3 aromatic heterocycles. The summed E-state index contributed by atoms with van der Waals surface area (Å²) in [6.45, 7) is 43.8. The Labute approximate surface area is 661 Å². The molecular weight excluding hydrogens is 1460 g/mol. The molecule has 7 unspecified atom stereocenters. The Morgan fingerprint density at radius 1 is 0.411 bits per heavy atom. The summed E-state index contributed by atoms with van der Waals surface area (Å²) in [7, 11) is 0. The lowest BCUT2D eigenvalue weighted by Crippen LogP contribution is -2.30. The van der Waals surface area contributed by atoms with Gasteiger partial charge in [0.05, 0.1) is 93.8 Å². The van der Waals surface area contributed by atoms with E-state index in [1.165, 1.54) is 6.92 Å². The lowest BCUT2D eigenvalue weighted by atomic mass is 10.1. The van der Waals surface area contributed by atoms with Gasteiger partial charge >= 0.3 is 72.0 Å². The van der Waals surface area contributed by atoms with Gasteiger partial charge in [-0.15, -0.1) is 0 Å². The van der Waals surface area contributed by atoms with Gasteiger partial charge in [-0.1, -0.05) is 110 Å². The Kier molecular flexibility index (Phi) is 71.1. The van der Waals surface area contributed by atoms with E-state index in [0.29, 0.717) is 77.1 Å². The number of esters is 9. The van der Waals surface area contributed by atoms with Crippen LogP contribution in [0.1, 0.15) is 173 Å². The molecule has 3 N–H and O–H groups in total. The largest absolute Gasteiger partial charge is 0.472 e. The predicted octanol–water partition coefficient (Wildman–Crippen LogP) is 11.5. The third-order valence-electron chi connectivity index (χ3n) is 15.1. The summed E-state index contributed by atoms with van der Waals surface area (Å²) in [5, 5.41) is 7.13. The van der Waals surface area contributed by atoms with Crippen LogP contribution in [0.25, 0.3) is 0 Å². The fourth-order valence-corrected chi connectivity index (χ4v) is 6.45. The van der Waals surface area contributed by atoms with Gasteiger partial charge in [-0.25, -0.2) is 33.8 Å². The van der Waals surface area contributed by atoms with Crippen LogP contribution < -0.4 is 16.0 Å². The minimum Gasteiger partial charge on any atom is -0.472 e. The maximum Gasteiger partial charge on any atom is 0.407 e. The Morgan fingerprint density at radius 3 is 1.07 bits per heavy atom. The van der Waals surface area contributed by atoms with Crippen molar-refractivity contribution in [2.45, 2.75) is 175 Å². The Bertz CT molecular complexity index is 2960. The topological polar surface area (TPSA) is 414 Å². The minimum absolute atomic E-state index is 0.0151. The van der Waals surface area contributed by atoms with Crippen molar-refractivity contribution in [1.29, 1.82) is 0 Å². The van der Waals surface area contributed by atoms with Crippen molar-refractivity contribution in [3.8, 4) is 0 Å². The van der Waals surface area contributed by atoms with Crippen molar-refractivity contribution < 1.29 is 128 Å². The molecular formula is C79H128N6O27. The predicted molar refractivity (Wildman–Crippen MR) is 414 cm³/mol. The molecule has 3 amide bonds. The van der Waals surface area contributed by atoms with Crippen molar-refractivity contribution in [3.05, 3.63) is 110 Å². The molecule has 0 saturated carbocycles. The summed E-state index contributed by atoms with van der Waals surface area (Å²) in [4.78, 5) is 141. The van der Waals surface area contributed by atoms with Crippen LogP contribution in [0.2, 0.25) is 0 Å². The molecule has 0 spiro atoms. The molecule has 0 aliphatic heterocycles. The smallest absolute Gasteiger partial charge is 0.407 e. The number of nitrogens with zero attached hydrogens (tertiary/aromatic N) is 3. The van der Waals surface area contributed by atoms with E-state index in [4.69, 9.17) is 61.3 Å². The number of carbonyl (C=O) groups excluding carboxylic acids is 12. The molecule has 0 aromatic carbocycles. The van der Waals surface area contributed by atoms with Crippen LogP contribution in [-0.4, -0.2) is 199 Å². The quantitative estimate of drug-likeness (QED) is 0.0205. The fraction of sp³-hybridized carbons (Fsp3) is 0.620. The van der Waals surface area contributed by atoms with E-state index in [-0.39, 0.29) is 150 Å². The molecule has 7 atom stereocenters. The molecule has 0 bridgehead atoms. The van der Waals surface area contributed by atoms with Gasteiger partial charge in [0, 0.05) is 60.7 Å². The summed E-state index contributed by atoms with van der Waals surface area (Å²) in [6.07, 6.45) is 17.9. The number of aromatic nitrogens is 3. The van der Waals surface area contributed by atoms with E-state index >= 15 is 0 Å². The highest BCUT2D eigenvalue weighted by molar-refractivity contribution is 5.87. The third-order valence-corrected chi connectivity index (χ3v) is 15.1. The summed E-state index contributed by atoms with van der Waals surface area (Å²) in [5.74, 6) is -3.55. The van der Waals surface area contributed by atoms with Crippen LogP contribution in [0.15, 0.2) is 104 Å². The van der Waals surface area contributed by atoms with Gasteiger partial charge in [-0.2, -0.15) is 0 Å². The van der Waals surface area contributed by atoms with Gasteiger partial charge in [-0.05, 0) is 89.5 Å². The number of amides is 3. The molecule has 0 saturated heterocycles. The second-order valence-electron chi connectivity index (χ2n) is 24.2. The first-order chi connectivity index (χ1) is 53.4. The van der Waals surface area contributed by atoms with E-state index in [0.717, 1.165) is 49.0 Å². The van der Waals surface area contributed by atoms with Crippen LogP contribution >= 0.6 is 0 Å². The minimum atomic E-state index is -0.667. The molecule has 636 valence electrons. The lowest BCUT2D eigenvalue weighted by molar-refractivity contribution is -0.150. The molecule has 112 heavy (non-hydrogen) atoms. The zero-order chi connectivity index (χ0) is 85.3. The number of alkyl carbamates (subject to hydrolysis) is 3. The Hall–Kier alpha value is -10.2. The van der Waals surface area contributed by atoms with Gasteiger partial charge in [0.15, 0.2) is 0 Å². The van der Waals surface area contributed by atoms with Crippen LogP contribution in [0, 0.1) is 35.5 Å². The third kappa shape index (κ3) is 64.6. The molecule has 0 fully saturated rings. The maximum atomic E-state index is 11.3. The zero-order valence-corrected chi connectivity index (χ0v) is 68.8. The number of carbonyl (C=O) groups is 12. The Morgan fingerprint density at radius 2 is 0.750 bits per heavy atom. The van der Waals surface area contributed by atoms with Gasteiger partial charge in [0.1, 0.15) is 79.3 Å². The number of furan rings is 1. The lowest BCUT2D eigenvalue weighted by Gasteiger charge is -2.10. The molecule has 3 aromatic rings. The molecule has 0 aliphatic rings. The van der Waals surface area contributed by atoms with Gasteiger partial charge in [0.2, 0.25) is 0 Å². The van der Waals surface area contributed by atoms with Gasteiger partial charge in [0.25, 0.3) is 0 Å². The molecule has 0 aliphatic carbocycles. The highest BCUT2D eigenvalue weighted by atomic mass is 16.6. The fourth-order valence-electron chi connectivity index (χ4n) is 6.45. The maximum absolute atomic E-state index is 11.3. The summed E-state index contributed by atoms with van der Waals surface area (Å²) < 4.78 is 75.4. The van der Waals surface area contributed by atoms with Gasteiger partial charge in [-0.3, -0.25) is 33.8 Å². The average molecular weight is 1590 g/mol. The molecule has 0 radical (unpaired) electrons. The second kappa shape index (κ2) is 73.6. The summed E-state index contributed by atoms with van der Waals surface area (Å²) in [6, 6.07) is 6.05. The molecule has 3 heterocycles. The first-order valence-corrected chi connectivity index (χ1v) is 37.6. The first kappa shape index (κ1) is 108. The van der Waals surface area contributed by atoms with Crippen molar-refractivity contribution in [2.75, 3.05) is 112 Å². The van der Waals surface area contributed by atoms with Crippen molar-refractivity contribution in [3.63, 3.8) is 0 Å². The number of hydrogen-bond acceptors (Lipinski definition) is 29. The highest BCUT2D eigenvalue weighted by Crippen LogP contribution is 2.11. The molecule has 33 nitrogen and oxygen atoms in total. The van der Waals surface area contributed by atoms with E-state index in [1.807, 2.05) is 100 Å². The number of rotatable bonds is 46. The zero-order valence-electron chi connectivity index (χ0n) is 68.8. The van der Waals surface area contributed by atoms with E-state index < -0.39 is 36.2 Å². The summed E-state index contributed by atoms with van der Waals surface area (Å²) >= 11 is 0. The normalized spacial score (nSPS) is 11.8. The number of nitrogens with one attached hydrogen (secondary N) is 3. The first-order valence-electron chi connectivity index (χ1n) is 37.6. The van der Waals surface area contributed by atoms with Crippen molar-refractivity contribution in [1.82, 2.24) is 30.5 Å². The van der Waals surface area contributed by atoms with Crippen molar-refractivity contribution >= 4 is 72.0 Å². The van der Waals surface area contributed by atoms with Crippen LogP contribution in [0.5, 0.6) is 0 Å². The van der Waals surface area contributed by atoms with E-state index in [2.05, 4.69) is 73.5 Å². The molecule has 3 rings (SSSR count). The second-order valence-corrected chi connectivity index (χ2v) is 24.2. The number of hydrogen-bond donors (Lipinski definition) is 3. The Balaban J connectivity index is -0.000000615. The SMILES string of the molecule is C=C(C)C(=O)OCCNC(=O)OCCOC(=O)C(C)CC.C=CC(=O)OCCNC(=O)OCCOC(=O)C(C)CC.C=CC(=O)OCCNC(=O)OCCOC(=O)C(C)CC.CCC(C)C(=O)OCc1ccncc1.CCC(C)C(=O)OCc1ccoc1.CCC(C)n1ccnc1.CCOCCOCCOC(=O)C(C)CC. The number of imidazole rings is 1. The van der Waals surface area contributed by atoms with E-state index in [1.54, 1.807) is 51.8 Å². The van der Waals surface area contributed by atoms with Gasteiger partial charge < -0.3 is 91.3 Å². The van der Waals surface area contributed by atoms with Crippen molar-refractivity contribution in [2.24, 2.45) is 35.5 Å². The summed E-state index contributed by atoms with van der Waals surface area (Å²) in [5.41, 5.74) is 2.15. The van der Waals surface area contributed by atoms with Crippen LogP contribution in [-0.2, 0) is 123 Å². The standard InChI is InChI=1S/C14H23NO6.2C13H21NO6.C11H15NO2.C11H22O4.C10H14O3.C7H12N2/c1-5-11(4)13(17)20-8-9-21-14(18)15-6-7-19-12(16)10(2)3;2*1-4-10(3)12(16)19-8-9-20-13(17)14-6-7-18-11(15)5-2;1-3-9(2)11(13)14-8-10-4-6-12-7-5-10;1-4-10(3)11(12)15-9-8-14-7-6-13-5-2;1-3-8(2)10(11)13-7-9-4-5-12-6-9;1-3-7(2)9-5-4-8-6-9/h11H,2,5-9H2,1,3-4H3,(H,15,18);2*5,10H,2,4,6-9H2,1,3H3,(H,14,17);4-7,9H,3,8H2,1-2H3;10H,4-9H2,1-3H3;4-6,8H,3,7H2,1-2H3;4-7H,3H2,1-2H3. The van der Waals surface area contributed by atoms with Crippen LogP contribution in [0.4, 0.5) is 14.4 Å². The average Bonchev–Trinajstić information content (AvgIpc) is 1.80. The monoisotopic (exact) mass is 1590 g/mol. The highest BCUT2D eigenvalue weighted by Gasteiger charge is 2.17. The number of pyridine rings is 1. The van der Waals surface area contributed by atoms with Crippen LogP contribution in [0.3, 0.4) is 0 Å². The number of ether oxygens (including phenoxy) is 14.